The van der Waals surface area contributed by atoms with Crippen molar-refractivity contribution in [3.8, 4) is 11.6 Å². The molecule has 0 radical (unpaired) electrons. The molecule has 1 N–H and O–H groups in total. The third-order valence-electron chi connectivity index (χ3n) is 2.58. The normalized spacial score (nSPS) is 10.5. The van der Waals surface area contributed by atoms with Gasteiger partial charge in [0.1, 0.15) is 5.78 Å². The summed E-state index contributed by atoms with van der Waals surface area (Å²) in [5.41, 5.74) is 2.06. The predicted octanol–water partition coefficient (Wildman–Crippen LogP) is 2.02. The number of aryl methyl sites for hydroxylation is 1. The molecule has 1 aromatic heterocycles. The minimum Gasteiger partial charge on any atom is -0.493 e. The number of aromatic hydroxyl groups is 1. The van der Waals surface area contributed by atoms with Gasteiger partial charge in [0.15, 0.2) is 0 Å². The van der Waals surface area contributed by atoms with E-state index in [1.807, 2.05) is 30.3 Å². The fourth-order valence-electron chi connectivity index (χ4n) is 1.75. The first-order valence-electron chi connectivity index (χ1n) is 5.42. The maximum absolute atomic E-state index is 11.1. The quantitative estimate of drug-likeness (QED) is 0.877. The van der Waals surface area contributed by atoms with E-state index in [1.54, 1.807) is 6.92 Å². The van der Waals surface area contributed by atoms with Crippen molar-refractivity contribution in [2.45, 2.75) is 20.3 Å². The molecule has 17 heavy (non-hydrogen) atoms. The minimum absolute atomic E-state index is 0.0102. The maximum Gasteiger partial charge on any atom is 0.218 e. The Morgan fingerprint density at radius 3 is 2.59 bits per heavy atom. The number of hydrogen-bond donors (Lipinski definition) is 1. The molecule has 1 heterocycles. The Bertz CT molecular complexity index is 544. The van der Waals surface area contributed by atoms with Gasteiger partial charge in [0.25, 0.3) is 0 Å². The number of rotatable bonds is 3. The maximum atomic E-state index is 11.1. The van der Waals surface area contributed by atoms with E-state index in [9.17, 15) is 9.90 Å². The second kappa shape index (κ2) is 4.41. The van der Waals surface area contributed by atoms with Gasteiger partial charge in [-0.2, -0.15) is 5.10 Å². The van der Waals surface area contributed by atoms with Gasteiger partial charge in [-0.25, -0.2) is 4.68 Å². The average molecular weight is 230 g/mol. The molecule has 0 bridgehead atoms. The van der Waals surface area contributed by atoms with E-state index in [2.05, 4.69) is 5.10 Å². The van der Waals surface area contributed by atoms with E-state index in [1.165, 1.54) is 11.6 Å². The molecule has 0 aliphatic heterocycles. The van der Waals surface area contributed by atoms with Crippen molar-refractivity contribution < 1.29 is 9.90 Å². The van der Waals surface area contributed by atoms with Crippen LogP contribution < -0.4 is 0 Å². The fourth-order valence-corrected chi connectivity index (χ4v) is 1.75. The Balaban J connectivity index is 2.48. The highest BCUT2D eigenvalue weighted by molar-refractivity contribution is 5.79. The molecule has 2 aromatic rings. The Morgan fingerprint density at radius 2 is 2.00 bits per heavy atom. The van der Waals surface area contributed by atoms with Gasteiger partial charge in [0, 0.05) is 12.0 Å². The molecule has 0 amide bonds. The lowest BCUT2D eigenvalue weighted by Gasteiger charge is -2.02. The van der Waals surface area contributed by atoms with Gasteiger partial charge in [-0.3, -0.25) is 4.79 Å². The van der Waals surface area contributed by atoms with Gasteiger partial charge in [-0.15, -0.1) is 0 Å². The summed E-state index contributed by atoms with van der Waals surface area (Å²) in [7, 11) is 0. The van der Waals surface area contributed by atoms with Crippen molar-refractivity contribution in [2.24, 2.45) is 0 Å². The van der Waals surface area contributed by atoms with Crippen LogP contribution in [-0.4, -0.2) is 20.7 Å². The summed E-state index contributed by atoms with van der Waals surface area (Å²) in [6, 6.07) is 9.34. The Labute approximate surface area is 99.5 Å². The Morgan fingerprint density at radius 1 is 1.35 bits per heavy atom. The number of para-hydroxylation sites is 1. The van der Waals surface area contributed by atoms with Crippen molar-refractivity contribution in [1.82, 2.24) is 9.78 Å². The van der Waals surface area contributed by atoms with Crippen LogP contribution in [0, 0.1) is 6.92 Å². The number of nitrogens with zero attached hydrogens (tertiary/aromatic N) is 2. The molecule has 0 unspecified atom stereocenters. The van der Waals surface area contributed by atoms with Crippen molar-refractivity contribution >= 4 is 5.78 Å². The zero-order valence-corrected chi connectivity index (χ0v) is 9.84. The Kier molecular flexibility index (Phi) is 2.95. The first kappa shape index (κ1) is 11.4. The molecule has 0 fully saturated rings. The number of carbonyl (C=O) groups excluding carboxylic acids is 1. The van der Waals surface area contributed by atoms with Crippen molar-refractivity contribution in [1.29, 1.82) is 0 Å². The second-order valence-electron chi connectivity index (χ2n) is 4.01. The standard InChI is InChI=1S/C13H14N2O2/c1-9(16)8-12-10(2)14-15(13(12)17)11-6-4-3-5-7-11/h3-7,17H,8H2,1-2H3. The van der Waals surface area contributed by atoms with Gasteiger partial charge in [-0.1, -0.05) is 18.2 Å². The third kappa shape index (κ3) is 2.20. The van der Waals surface area contributed by atoms with E-state index in [0.717, 1.165) is 5.69 Å². The smallest absolute Gasteiger partial charge is 0.218 e. The van der Waals surface area contributed by atoms with Crippen molar-refractivity contribution in [2.75, 3.05) is 0 Å². The van der Waals surface area contributed by atoms with Gasteiger partial charge < -0.3 is 5.11 Å². The number of benzene rings is 1. The number of Topliss-reactive ketones (excluding diaryl/α,β-unsaturated/α-hetero) is 1. The SMILES string of the molecule is CC(=O)Cc1c(C)nn(-c2ccccc2)c1O. The van der Waals surface area contributed by atoms with Gasteiger partial charge in [0.2, 0.25) is 5.88 Å². The summed E-state index contributed by atoms with van der Waals surface area (Å²) < 4.78 is 1.45. The second-order valence-corrected chi connectivity index (χ2v) is 4.01. The topological polar surface area (TPSA) is 55.1 Å². The molecule has 1 aromatic carbocycles. The molecule has 0 saturated carbocycles. The van der Waals surface area contributed by atoms with Crippen LogP contribution in [0.25, 0.3) is 5.69 Å². The summed E-state index contributed by atoms with van der Waals surface area (Å²) >= 11 is 0. The Hall–Kier alpha value is -2.10. The monoisotopic (exact) mass is 230 g/mol. The highest BCUT2D eigenvalue weighted by Gasteiger charge is 2.16. The lowest BCUT2D eigenvalue weighted by Crippen LogP contribution is -1.97. The summed E-state index contributed by atoms with van der Waals surface area (Å²) in [6.07, 6.45) is 0.213. The van der Waals surface area contributed by atoms with Crippen molar-refractivity contribution in [3.05, 3.63) is 41.6 Å². The number of aromatic nitrogens is 2. The van der Waals surface area contributed by atoms with Crippen LogP contribution in [0.5, 0.6) is 5.88 Å². The van der Waals surface area contributed by atoms with Crippen LogP contribution in [-0.2, 0) is 11.2 Å². The molecular weight excluding hydrogens is 216 g/mol. The summed E-state index contributed by atoms with van der Waals surface area (Å²) in [6.45, 7) is 3.29. The van der Waals surface area contributed by atoms with Gasteiger partial charge in [0.05, 0.1) is 11.4 Å². The van der Waals surface area contributed by atoms with E-state index in [-0.39, 0.29) is 18.1 Å². The van der Waals surface area contributed by atoms with E-state index < -0.39 is 0 Å². The molecule has 0 saturated heterocycles. The van der Waals surface area contributed by atoms with Crippen LogP contribution in [0.1, 0.15) is 18.2 Å². The lowest BCUT2D eigenvalue weighted by atomic mass is 10.1. The molecule has 4 nitrogen and oxygen atoms in total. The fraction of sp³-hybridized carbons (Fsp3) is 0.231. The summed E-state index contributed by atoms with van der Waals surface area (Å²) in [5, 5.41) is 14.3. The molecule has 0 spiro atoms. The zero-order valence-electron chi connectivity index (χ0n) is 9.84. The number of ketones is 1. The molecule has 4 heteroatoms. The molecular formula is C13H14N2O2. The first-order valence-corrected chi connectivity index (χ1v) is 5.42. The average Bonchev–Trinajstić information content (AvgIpc) is 2.58. The highest BCUT2D eigenvalue weighted by atomic mass is 16.3. The zero-order chi connectivity index (χ0) is 12.4. The molecule has 0 aliphatic rings. The molecule has 0 atom stereocenters. The van der Waals surface area contributed by atoms with Crippen molar-refractivity contribution in [3.63, 3.8) is 0 Å². The van der Waals surface area contributed by atoms with Gasteiger partial charge >= 0.3 is 0 Å². The van der Waals surface area contributed by atoms with Gasteiger partial charge in [-0.05, 0) is 26.0 Å². The number of hydrogen-bond acceptors (Lipinski definition) is 3. The molecule has 2 rings (SSSR count). The van der Waals surface area contributed by atoms with Crippen LogP contribution in [0.15, 0.2) is 30.3 Å². The van der Waals surface area contributed by atoms with Crippen LogP contribution in [0.4, 0.5) is 0 Å². The van der Waals surface area contributed by atoms with E-state index in [4.69, 9.17) is 0 Å². The summed E-state index contributed by atoms with van der Waals surface area (Å²) in [5.74, 6) is 0.0555. The van der Waals surface area contributed by atoms with Crippen LogP contribution in [0.2, 0.25) is 0 Å². The molecule has 0 aliphatic carbocycles. The lowest BCUT2D eigenvalue weighted by molar-refractivity contribution is -0.116. The third-order valence-corrected chi connectivity index (χ3v) is 2.58. The largest absolute Gasteiger partial charge is 0.493 e. The molecule has 88 valence electrons. The highest BCUT2D eigenvalue weighted by Crippen LogP contribution is 2.24. The van der Waals surface area contributed by atoms with Crippen LogP contribution in [0.3, 0.4) is 0 Å². The number of carbonyl (C=O) groups is 1. The first-order chi connectivity index (χ1) is 8.09. The van der Waals surface area contributed by atoms with E-state index in [0.29, 0.717) is 11.3 Å². The minimum atomic E-state index is 0.0102. The van der Waals surface area contributed by atoms with E-state index >= 15 is 0 Å². The summed E-state index contributed by atoms with van der Waals surface area (Å²) in [4.78, 5) is 11.1. The predicted molar refractivity (Wildman–Crippen MR) is 64.4 cm³/mol. The van der Waals surface area contributed by atoms with Crippen LogP contribution >= 0.6 is 0 Å².